The number of benzene rings is 1. The summed E-state index contributed by atoms with van der Waals surface area (Å²) < 4.78 is 14.1. The Bertz CT molecular complexity index is 458. The van der Waals surface area contributed by atoms with Gasteiger partial charge in [0.15, 0.2) is 5.82 Å². The summed E-state index contributed by atoms with van der Waals surface area (Å²) in [5, 5.41) is 8.87. The van der Waals surface area contributed by atoms with Crippen molar-refractivity contribution in [1.82, 2.24) is 4.90 Å². The van der Waals surface area contributed by atoms with E-state index in [4.69, 9.17) is 11.0 Å². The van der Waals surface area contributed by atoms with Crippen LogP contribution in [-0.4, -0.2) is 38.1 Å². The Morgan fingerprint density at radius 1 is 1.29 bits per heavy atom. The number of likely N-dealkylation sites (N-methyl/N-ethyl adjacent to an activating group) is 1. The van der Waals surface area contributed by atoms with Crippen molar-refractivity contribution in [2.45, 2.75) is 0 Å². The molecule has 1 aliphatic heterocycles. The van der Waals surface area contributed by atoms with E-state index in [1.807, 2.05) is 18.0 Å². The lowest BCUT2D eigenvalue weighted by Gasteiger charge is -2.34. The van der Waals surface area contributed by atoms with Crippen LogP contribution in [0.4, 0.5) is 15.8 Å². The molecule has 1 saturated heterocycles. The van der Waals surface area contributed by atoms with Crippen molar-refractivity contribution < 1.29 is 4.39 Å². The highest BCUT2D eigenvalue weighted by atomic mass is 19.1. The van der Waals surface area contributed by atoms with E-state index in [1.54, 1.807) is 12.1 Å². The number of nitrogens with zero attached hydrogens (tertiary/aromatic N) is 3. The first-order valence-electron chi connectivity index (χ1n) is 5.55. The monoisotopic (exact) mass is 234 g/mol. The fourth-order valence-corrected chi connectivity index (χ4v) is 1.99. The Morgan fingerprint density at radius 3 is 2.53 bits per heavy atom. The minimum Gasteiger partial charge on any atom is -0.398 e. The molecule has 0 spiro atoms. The molecule has 1 aromatic rings. The average molecular weight is 234 g/mol. The fraction of sp³-hybridized carbons (Fsp3) is 0.417. The van der Waals surface area contributed by atoms with E-state index in [-0.39, 0.29) is 11.3 Å². The van der Waals surface area contributed by atoms with Crippen LogP contribution >= 0.6 is 0 Å². The van der Waals surface area contributed by atoms with Crippen LogP contribution in [-0.2, 0) is 0 Å². The number of nitrogens with two attached hydrogens (primary N) is 1. The Labute approximate surface area is 100 Å². The molecule has 5 heteroatoms. The second kappa shape index (κ2) is 4.60. The zero-order valence-electron chi connectivity index (χ0n) is 9.78. The van der Waals surface area contributed by atoms with E-state index >= 15 is 0 Å². The van der Waals surface area contributed by atoms with Gasteiger partial charge in [0, 0.05) is 26.2 Å². The van der Waals surface area contributed by atoms with Crippen molar-refractivity contribution in [3.05, 3.63) is 23.5 Å². The Morgan fingerprint density at radius 2 is 1.94 bits per heavy atom. The van der Waals surface area contributed by atoms with Crippen LogP contribution < -0.4 is 10.6 Å². The molecule has 0 saturated carbocycles. The van der Waals surface area contributed by atoms with Crippen LogP contribution in [0.1, 0.15) is 5.56 Å². The maximum atomic E-state index is 14.1. The third-order valence-electron chi connectivity index (χ3n) is 3.11. The predicted octanol–water partition coefficient (Wildman–Crippen LogP) is 1.03. The molecule has 0 aliphatic carbocycles. The molecule has 0 radical (unpaired) electrons. The number of anilines is 2. The molecular formula is C12H15FN4. The van der Waals surface area contributed by atoms with Crippen molar-refractivity contribution >= 4 is 11.4 Å². The molecule has 1 heterocycles. The van der Waals surface area contributed by atoms with Crippen LogP contribution in [0.15, 0.2) is 12.1 Å². The van der Waals surface area contributed by atoms with Crippen molar-refractivity contribution in [1.29, 1.82) is 5.26 Å². The molecule has 1 aromatic carbocycles. The number of hydrogen-bond donors (Lipinski definition) is 1. The van der Waals surface area contributed by atoms with Crippen LogP contribution in [0.5, 0.6) is 0 Å². The van der Waals surface area contributed by atoms with Gasteiger partial charge in [0.25, 0.3) is 0 Å². The second-order valence-electron chi connectivity index (χ2n) is 4.27. The van der Waals surface area contributed by atoms with Gasteiger partial charge in [0.05, 0.1) is 11.4 Å². The molecule has 2 rings (SSSR count). The van der Waals surface area contributed by atoms with Crippen molar-refractivity contribution in [2.24, 2.45) is 0 Å². The van der Waals surface area contributed by atoms with Gasteiger partial charge in [-0.3, -0.25) is 0 Å². The quantitative estimate of drug-likeness (QED) is 0.737. The summed E-state index contributed by atoms with van der Waals surface area (Å²) in [6.45, 7) is 3.32. The predicted molar refractivity (Wildman–Crippen MR) is 65.2 cm³/mol. The van der Waals surface area contributed by atoms with Gasteiger partial charge in [-0.2, -0.15) is 5.26 Å². The van der Waals surface area contributed by atoms with E-state index in [2.05, 4.69) is 4.90 Å². The lowest BCUT2D eigenvalue weighted by atomic mass is 10.1. The second-order valence-corrected chi connectivity index (χ2v) is 4.27. The molecule has 2 N–H and O–H groups in total. The molecule has 0 atom stereocenters. The van der Waals surface area contributed by atoms with E-state index in [1.165, 1.54) is 0 Å². The number of hydrogen-bond acceptors (Lipinski definition) is 4. The minimum absolute atomic E-state index is 0.0542. The summed E-state index contributed by atoms with van der Waals surface area (Å²) in [5.41, 5.74) is 6.18. The first kappa shape index (κ1) is 11.7. The van der Waals surface area contributed by atoms with Crippen molar-refractivity contribution in [2.75, 3.05) is 43.9 Å². The maximum absolute atomic E-state index is 14.1. The average Bonchev–Trinajstić information content (AvgIpc) is 2.31. The third-order valence-corrected chi connectivity index (χ3v) is 3.11. The standard InChI is InChI=1S/C12H15FN4/c1-16-4-6-17(7-5-16)11-3-2-10(15)9(8-14)12(11)13/h2-3H,4-7,15H2,1H3. The molecular weight excluding hydrogens is 219 g/mol. The van der Waals surface area contributed by atoms with Gasteiger partial charge in [-0.25, -0.2) is 4.39 Å². The number of nitrogen functional groups attached to an aromatic ring is 1. The zero-order chi connectivity index (χ0) is 12.4. The number of nitriles is 1. The first-order valence-corrected chi connectivity index (χ1v) is 5.55. The van der Waals surface area contributed by atoms with Crippen LogP contribution in [0, 0.1) is 17.1 Å². The van der Waals surface area contributed by atoms with Crippen LogP contribution in [0.3, 0.4) is 0 Å². The van der Waals surface area contributed by atoms with Gasteiger partial charge >= 0.3 is 0 Å². The smallest absolute Gasteiger partial charge is 0.166 e. The summed E-state index contributed by atoms with van der Waals surface area (Å²) >= 11 is 0. The maximum Gasteiger partial charge on any atom is 0.166 e. The summed E-state index contributed by atoms with van der Waals surface area (Å²) in [7, 11) is 2.04. The number of halogens is 1. The van der Waals surface area contributed by atoms with Crippen molar-refractivity contribution in [3.63, 3.8) is 0 Å². The van der Waals surface area contributed by atoms with Crippen LogP contribution in [0.25, 0.3) is 0 Å². The molecule has 0 unspecified atom stereocenters. The molecule has 90 valence electrons. The Balaban J connectivity index is 2.31. The number of piperazine rings is 1. The van der Waals surface area contributed by atoms with E-state index in [0.29, 0.717) is 5.69 Å². The van der Waals surface area contributed by atoms with Gasteiger partial charge in [-0.05, 0) is 19.2 Å². The molecule has 4 nitrogen and oxygen atoms in total. The molecule has 17 heavy (non-hydrogen) atoms. The van der Waals surface area contributed by atoms with E-state index < -0.39 is 5.82 Å². The Kier molecular flexibility index (Phi) is 3.16. The van der Waals surface area contributed by atoms with Crippen LogP contribution in [0.2, 0.25) is 0 Å². The first-order chi connectivity index (χ1) is 8.13. The largest absolute Gasteiger partial charge is 0.398 e. The molecule has 1 fully saturated rings. The van der Waals surface area contributed by atoms with Gasteiger partial charge in [0.1, 0.15) is 11.6 Å². The van der Waals surface area contributed by atoms with Gasteiger partial charge in [-0.15, -0.1) is 0 Å². The summed E-state index contributed by atoms with van der Waals surface area (Å²) in [6, 6.07) is 5.06. The molecule has 0 amide bonds. The normalized spacial score (nSPS) is 16.9. The highest BCUT2D eigenvalue weighted by molar-refractivity contribution is 5.64. The minimum atomic E-state index is -0.503. The van der Waals surface area contributed by atoms with E-state index in [9.17, 15) is 4.39 Å². The summed E-state index contributed by atoms with van der Waals surface area (Å²) in [6.07, 6.45) is 0. The highest BCUT2D eigenvalue weighted by Gasteiger charge is 2.20. The topological polar surface area (TPSA) is 56.3 Å². The molecule has 0 bridgehead atoms. The molecule has 1 aliphatic rings. The zero-order valence-corrected chi connectivity index (χ0v) is 9.78. The SMILES string of the molecule is CN1CCN(c2ccc(N)c(C#N)c2F)CC1. The van der Waals surface area contributed by atoms with Gasteiger partial charge in [0.2, 0.25) is 0 Å². The van der Waals surface area contributed by atoms with Gasteiger partial charge < -0.3 is 15.5 Å². The lowest BCUT2D eigenvalue weighted by Crippen LogP contribution is -2.44. The Hall–Kier alpha value is -1.80. The summed E-state index contributed by atoms with van der Waals surface area (Å²) in [5.74, 6) is -0.503. The van der Waals surface area contributed by atoms with Gasteiger partial charge in [-0.1, -0.05) is 0 Å². The van der Waals surface area contributed by atoms with Crippen molar-refractivity contribution in [3.8, 4) is 6.07 Å². The number of rotatable bonds is 1. The molecule has 0 aromatic heterocycles. The highest BCUT2D eigenvalue weighted by Crippen LogP contribution is 2.26. The third kappa shape index (κ3) is 2.17. The van der Waals surface area contributed by atoms with E-state index in [0.717, 1.165) is 26.2 Å². The summed E-state index contributed by atoms with van der Waals surface area (Å²) in [4.78, 5) is 4.15. The fourth-order valence-electron chi connectivity index (χ4n) is 1.99. The lowest BCUT2D eigenvalue weighted by molar-refractivity contribution is 0.311.